The predicted molar refractivity (Wildman–Crippen MR) is 116 cm³/mol. The second-order valence-electron chi connectivity index (χ2n) is 7.69. The summed E-state index contributed by atoms with van der Waals surface area (Å²) in [6.07, 6.45) is 7.73. The maximum Gasteiger partial charge on any atom is 0.246 e. The molecule has 0 atom stereocenters. The number of nitrogens with one attached hydrogen (secondary N) is 3. The lowest BCUT2D eigenvalue weighted by Gasteiger charge is -2.37. The van der Waals surface area contributed by atoms with E-state index >= 15 is 0 Å². The van der Waals surface area contributed by atoms with E-state index in [2.05, 4.69) is 33.9 Å². The van der Waals surface area contributed by atoms with E-state index in [4.69, 9.17) is 0 Å². The number of hydrogen-bond donors (Lipinski definition) is 4. The van der Waals surface area contributed by atoms with E-state index in [1.165, 1.54) is 24.8 Å². The first-order valence-corrected chi connectivity index (χ1v) is 10.6. The Morgan fingerprint density at radius 2 is 1.96 bits per heavy atom. The molecule has 0 spiro atoms. The fraction of sp³-hybridized carbons (Fsp3) is 0.636. The minimum absolute atomic E-state index is 0.0681. The first-order valence-electron chi connectivity index (χ1n) is 10.6. The first-order chi connectivity index (χ1) is 13.6. The summed E-state index contributed by atoms with van der Waals surface area (Å²) in [5.41, 5.74) is 2.13. The molecule has 2 rings (SSSR count). The van der Waals surface area contributed by atoms with E-state index in [0.29, 0.717) is 5.96 Å². The standard InChI is InChI=1S/C22H36N4O2/c1-3-18-9-8-10-19(15-18)26-20(28)16-24-21(23-4-2)25-17-22(13-14-27)11-6-5-7-12-22/h8-10,15,27H,3-7,11-14,16-17H2,1-2H3,(H,26,28)(H2,23,24,25). The van der Waals surface area contributed by atoms with Crippen LogP contribution < -0.4 is 16.0 Å². The molecule has 4 N–H and O–H groups in total. The van der Waals surface area contributed by atoms with Crippen molar-refractivity contribution in [1.29, 1.82) is 0 Å². The molecule has 1 saturated carbocycles. The number of aliphatic hydroxyl groups excluding tert-OH is 1. The highest BCUT2D eigenvalue weighted by Gasteiger charge is 2.31. The molecule has 0 unspecified atom stereocenters. The van der Waals surface area contributed by atoms with Crippen LogP contribution in [-0.2, 0) is 11.2 Å². The van der Waals surface area contributed by atoms with Gasteiger partial charge in [0.2, 0.25) is 5.91 Å². The Balaban J connectivity index is 1.92. The summed E-state index contributed by atoms with van der Waals surface area (Å²) in [5, 5.41) is 19.0. The lowest BCUT2D eigenvalue weighted by molar-refractivity contribution is -0.114. The molecule has 0 aliphatic heterocycles. The number of benzene rings is 1. The summed E-state index contributed by atoms with van der Waals surface area (Å²) in [6.45, 7) is 5.90. The molecule has 1 aromatic rings. The van der Waals surface area contributed by atoms with Crippen LogP contribution >= 0.6 is 0 Å². The highest BCUT2D eigenvalue weighted by atomic mass is 16.3. The third kappa shape index (κ3) is 7.15. The van der Waals surface area contributed by atoms with Crippen molar-refractivity contribution in [3.8, 4) is 0 Å². The van der Waals surface area contributed by atoms with Crippen LogP contribution in [0, 0.1) is 5.41 Å². The molecule has 0 bridgehead atoms. The molecule has 0 aromatic heterocycles. The smallest absolute Gasteiger partial charge is 0.246 e. The van der Waals surface area contributed by atoms with Crippen molar-refractivity contribution in [2.45, 2.75) is 58.8 Å². The highest BCUT2D eigenvalue weighted by molar-refractivity contribution is 5.94. The lowest BCUT2D eigenvalue weighted by atomic mass is 9.72. The molecule has 0 saturated heterocycles. The first kappa shape index (κ1) is 22.2. The van der Waals surface area contributed by atoms with Gasteiger partial charge in [0, 0.05) is 25.4 Å². The minimum Gasteiger partial charge on any atom is -0.396 e. The van der Waals surface area contributed by atoms with Crippen molar-refractivity contribution in [2.24, 2.45) is 10.4 Å². The Labute approximate surface area is 169 Å². The number of amides is 1. The number of carbonyl (C=O) groups excluding carboxylic acids is 1. The molecular formula is C22H36N4O2. The number of rotatable bonds is 9. The van der Waals surface area contributed by atoms with Gasteiger partial charge in [-0.25, -0.2) is 4.99 Å². The molecule has 0 radical (unpaired) electrons. The van der Waals surface area contributed by atoms with Crippen molar-refractivity contribution < 1.29 is 9.90 Å². The summed E-state index contributed by atoms with van der Waals surface area (Å²) >= 11 is 0. The van der Waals surface area contributed by atoms with Gasteiger partial charge < -0.3 is 21.1 Å². The SMILES string of the molecule is CCNC(=NCC(=O)Nc1cccc(CC)c1)NCC1(CCO)CCCCC1. The number of aliphatic imine (C=N–C) groups is 1. The van der Waals surface area contributed by atoms with Crippen LogP contribution in [0.25, 0.3) is 0 Å². The molecule has 28 heavy (non-hydrogen) atoms. The van der Waals surface area contributed by atoms with Crippen molar-refractivity contribution in [1.82, 2.24) is 10.6 Å². The maximum absolute atomic E-state index is 12.3. The zero-order valence-corrected chi connectivity index (χ0v) is 17.4. The zero-order valence-electron chi connectivity index (χ0n) is 17.4. The van der Waals surface area contributed by atoms with Crippen LogP contribution in [0.3, 0.4) is 0 Å². The molecule has 1 aliphatic carbocycles. The topological polar surface area (TPSA) is 85.8 Å². The van der Waals surface area contributed by atoms with Gasteiger partial charge >= 0.3 is 0 Å². The fourth-order valence-corrected chi connectivity index (χ4v) is 3.89. The Morgan fingerprint density at radius 1 is 1.18 bits per heavy atom. The summed E-state index contributed by atoms with van der Waals surface area (Å²) < 4.78 is 0. The number of nitrogens with zero attached hydrogens (tertiary/aromatic N) is 1. The predicted octanol–water partition coefficient (Wildman–Crippen LogP) is 3.08. The fourth-order valence-electron chi connectivity index (χ4n) is 3.89. The average Bonchev–Trinajstić information content (AvgIpc) is 2.71. The maximum atomic E-state index is 12.3. The summed E-state index contributed by atoms with van der Waals surface area (Å²) in [6, 6.07) is 7.89. The van der Waals surface area contributed by atoms with Gasteiger partial charge in [0.15, 0.2) is 5.96 Å². The van der Waals surface area contributed by atoms with E-state index in [9.17, 15) is 9.90 Å². The third-order valence-corrected chi connectivity index (χ3v) is 5.53. The largest absolute Gasteiger partial charge is 0.396 e. The monoisotopic (exact) mass is 388 g/mol. The number of aryl methyl sites for hydroxylation is 1. The molecule has 1 aromatic carbocycles. The molecule has 0 heterocycles. The van der Waals surface area contributed by atoms with Gasteiger partial charge in [0.05, 0.1) is 0 Å². The van der Waals surface area contributed by atoms with Crippen molar-refractivity contribution in [3.63, 3.8) is 0 Å². The van der Waals surface area contributed by atoms with E-state index < -0.39 is 0 Å². The van der Waals surface area contributed by atoms with E-state index in [0.717, 1.165) is 44.5 Å². The van der Waals surface area contributed by atoms with Gasteiger partial charge in [-0.2, -0.15) is 0 Å². The molecule has 6 heteroatoms. The van der Waals surface area contributed by atoms with Gasteiger partial charge in [-0.15, -0.1) is 0 Å². The van der Waals surface area contributed by atoms with Crippen LogP contribution in [0.2, 0.25) is 0 Å². The third-order valence-electron chi connectivity index (χ3n) is 5.53. The second kappa shape index (κ2) is 11.7. The Morgan fingerprint density at radius 3 is 2.64 bits per heavy atom. The molecule has 1 aliphatic rings. The number of anilines is 1. The lowest BCUT2D eigenvalue weighted by Crippen LogP contribution is -2.45. The van der Waals surface area contributed by atoms with E-state index in [1.54, 1.807) is 0 Å². The van der Waals surface area contributed by atoms with Gasteiger partial charge in [0.1, 0.15) is 6.54 Å². The van der Waals surface area contributed by atoms with Gasteiger partial charge in [-0.05, 0) is 55.7 Å². The number of aliphatic hydroxyl groups is 1. The quantitative estimate of drug-likeness (QED) is 0.387. The van der Waals surface area contributed by atoms with Crippen LogP contribution in [-0.4, -0.2) is 43.2 Å². The second-order valence-corrected chi connectivity index (χ2v) is 7.69. The Kier molecular flexibility index (Phi) is 9.28. The summed E-state index contributed by atoms with van der Waals surface area (Å²) in [4.78, 5) is 16.7. The number of hydrogen-bond acceptors (Lipinski definition) is 3. The van der Waals surface area contributed by atoms with E-state index in [-0.39, 0.29) is 24.5 Å². The highest BCUT2D eigenvalue weighted by Crippen LogP contribution is 2.38. The van der Waals surface area contributed by atoms with Crippen molar-refractivity contribution in [3.05, 3.63) is 29.8 Å². The number of carbonyl (C=O) groups is 1. The normalized spacial score (nSPS) is 16.5. The van der Waals surface area contributed by atoms with Crippen LogP contribution in [0.4, 0.5) is 5.69 Å². The summed E-state index contributed by atoms with van der Waals surface area (Å²) in [5.74, 6) is 0.524. The van der Waals surface area contributed by atoms with Gasteiger partial charge in [-0.3, -0.25) is 4.79 Å². The Bertz CT molecular complexity index is 634. The minimum atomic E-state index is -0.131. The average molecular weight is 389 g/mol. The summed E-state index contributed by atoms with van der Waals surface area (Å²) in [7, 11) is 0. The Hall–Kier alpha value is -2.08. The van der Waals surface area contributed by atoms with Gasteiger partial charge in [-0.1, -0.05) is 38.3 Å². The van der Waals surface area contributed by atoms with Crippen molar-refractivity contribution in [2.75, 3.05) is 31.6 Å². The number of guanidine groups is 1. The van der Waals surface area contributed by atoms with Crippen LogP contribution in [0.1, 0.15) is 57.9 Å². The van der Waals surface area contributed by atoms with Crippen molar-refractivity contribution >= 4 is 17.6 Å². The molecule has 156 valence electrons. The zero-order chi connectivity index (χ0) is 20.2. The molecule has 1 amide bonds. The van der Waals surface area contributed by atoms with Crippen LogP contribution in [0.5, 0.6) is 0 Å². The van der Waals surface area contributed by atoms with E-state index in [1.807, 2.05) is 25.1 Å². The van der Waals surface area contributed by atoms with Crippen LogP contribution in [0.15, 0.2) is 29.3 Å². The molecule has 6 nitrogen and oxygen atoms in total. The molecular weight excluding hydrogens is 352 g/mol. The van der Waals surface area contributed by atoms with Gasteiger partial charge in [0.25, 0.3) is 0 Å². The molecule has 1 fully saturated rings.